The second-order valence-corrected chi connectivity index (χ2v) is 8.33. The van der Waals surface area contributed by atoms with Crippen molar-refractivity contribution in [2.45, 2.75) is 37.2 Å². The van der Waals surface area contributed by atoms with Gasteiger partial charge in [0, 0.05) is 13.5 Å². The summed E-state index contributed by atoms with van der Waals surface area (Å²) in [7, 11) is -2.17. The van der Waals surface area contributed by atoms with Gasteiger partial charge in [-0.15, -0.1) is 0 Å². The number of sulfonamides is 1. The van der Waals surface area contributed by atoms with Crippen LogP contribution in [0.1, 0.15) is 18.1 Å². The number of aryl methyl sites for hydroxylation is 1. The van der Waals surface area contributed by atoms with Gasteiger partial charge in [-0.05, 0) is 31.5 Å². The minimum atomic E-state index is -3.70. The minimum absolute atomic E-state index is 0.163. The summed E-state index contributed by atoms with van der Waals surface area (Å²) < 4.78 is 39.1. The van der Waals surface area contributed by atoms with E-state index in [0.29, 0.717) is 6.42 Å². The van der Waals surface area contributed by atoms with Crippen LogP contribution >= 0.6 is 0 Å². The fourth-order valence-corrected chi connectivity index (χ4v) is 4.79. The summed E-state index contributed by atoms with van der Waals surface area (Å²) in [5, 5.41) is 0. The van der Waals surface area contributed by atoms with Gasteiger partial charge in [0.25, 0.3) is 0 Å². The molecule has 6 heteroatoms. The average Bonchev–Trinajstić information content (AvgIpc) is 2.93. The molecule has 2 atom stereocenters. The number of hydrogen-bond donors (Lipinski definition) is 0. The topological polar surface area (TPSA) is 55.8 Å². The minimum Gasteiger partial charge on any atom is -0.354 e. The van der Waals surface area contributed by atoms with Crippen molar-refractivity contribution in [3.63, 3.8) is 0 Å². The molecule has 1 fully saturated rings. The van der Waals surface area contributed by atoms with E-state index in [1.54, 1.807) is 31.2 Å². The maximum Gasteiger partial charge on any atom is 0.245 e. The smallest absolute Gasteiger partial charge is 0.245 e. The summed E-state index contributed by atoms with van der Waals surface area (Å²) in [5.74, 6) is 0. The zero-order valence-corrected chi connectivity index (χ0v) is 15.5. The molecule has 2 unspecified atom stereocenters. The second-order valence-electron chi connectivity index (χ2n) is 6.47. The molecule has 1 aliphatic rings. The first-order chi connectivity index (χ1) is 11.8. The van der Waals surface area contributed by atoms with Crippen molar-refractivity contribution in [2.75, 3.05) is 13.7 Å². The maximum absolute atomic E-state index is 13.2. The molecule has 0 bridgehead atoms. The third kappa shape index (κ3) is 3.62. The van der Waals surface area contributed by atoms with Crippen LogP contribution < -0.4 is 0 Å². The lowest BCUT2D eigenvalue weighted by molar-refractivity contribution is -0.155. The van der Waals surface area contributed by atoms with Gasteiger partial charge in [-0.1, -0.05) is 48.0 Å². The largest absolute Gasteiger partial charge is 0.354 e. The van der Waals surface area contributed by atoms with Gasteiger partial charge in [-0.2, -0.15) is 4.31 Å². The molecular formula is C19H23NO4S. The Morgan fingerprint density at radius 3 is 2.40 bits per heavy atom. The van der Waals surface area contributed by atoms with Gasteiger partial charge in [0.15, 0.2) is 6.29 Å². The van der Waals surface area contributed by atoms with E-state index in [9.17, 15) is 8.42 Å². The first-order valence-corrected chi connectivity index (χ1v) is 9.63. The summed E-state index contributed by atoms with van der Waals surface area (Å²) >= 11 is 0. The Morgan fingerprint density at radius 2 is 1.80 bits per heavy atom. The molecule has 1 saturated heterocycles. The lowest BCUT2D eigenvalue weighted by Gasteiger charge is -2.32. The predicted molar refractivity (Wildman–Crippen MR) is 95.5 cm³/mol. The van der Waals surface area contributed by atoms with E-state index in [-0.39, 0.29) is 11.4 Å². The van der Waals surface area contributed by atoms with Gasteiger partial charge in [-0.3, -0.25) is 0 Å². The summed E-state index contributed by atoms with van der Waals surface area (Å²) in [6.45, 7) is 3.89. The van der Waals surface area contributed by atoms with Gasteiger partial charge in [0.2, 0.25) is 10.0 Å². The van der Waals surface area contributed by atoms with Crippen molar-refractivity contribution in [3.8, 4) is 0 Å². The fraction of sp³-hybridized carbons (Fsp3) is 0.368. The molecule has 0 aromatic heterocycles. The number of nitrogens with zero attached hydrogens (tertiary/aromatic N) is 1. The van der Waals surface area contributed by atoms with Crippen LogP contribution in [0.2, 0.25) is 0 Å². The van der Waals surface area contributed by atoms with Crippen LogP contribution in [0.4, 0.5) is 0 Å². The zero-order valence-electron chi connectivity index (χ0n) is 14.7. The Labute approximate surface area is 149 Å². The number of ether oxygens (including phenoxy) is 2. The van der Waals surface area contributed by atoms with Crippen molar-refractivity contribution in [1.29, 1.82) is 0 Å². The van der Waals surface area contributed by atoms with E-state index in [2.05, 4.69) is 0 Å². The summed E-state index contributed by atoms with van der Waals surface area (Å²) in [6.07, 6.45) is -0.146. The molecule has 2 aromatic carbocycles. The van der Waals surface area contributed by atoms with Gasteiger partial charge >= 0.3 is 0 Å². The Morgan fingerprint density at radius 1 is 1.16 bits per heavy atom. The van der Waals surface area contributed by atoms with Crippen LogP contribution in [0, 0.1) is 6.92 Å². The lowest BCUT2D eigenvalue weighted by Crippen LogP contribution is -2.47. The number of methoxy groups -OCH3 is 1. The molecule has 25 heavy (non-hydrogen) atoms. The van der Waals surface area contributed by atoms with E-state index in [0.717, 1.165) is 11.1 Å². The van der Waals surface area contributed by atoms with Crippen LogP contribution in [0.3, 0.4) is 0 Å². The first kappa shape index (κ1) is 18.1. The lowest BCUT2D eigenvalue weighted by atomic mass is 10.0. The first-order valence-electron chi connectivity index (χ1n) is 8.19. The van der Waals surface area contributed by atoms with E-state index >= 15 is 0 Å². The van der Waals surface area contributed by atoms with Gasteiger partial charge in [0.05, 0.1) is 11.4 Å². The SMILES string of the molecule is COC1CN(S(=O)(=O)c2ccc(C)cc2)C(C)(Cc2ccccc2)O1. The Balaban J connectivity index is 1.97. The van der Waals surface area contributed by atoms with Gasteiger partial charge < -0.3 is 9.47 Å². The predicted octanol–water partition coefficient (Wildman–Crippen LogP) is 2.95. The molecule has 134 valence electrons. The van der Waals surface area contributed by atoms with Crippen LogP contribution in [0.15, 0.2) is 59.5 Å². The van der Waals surface area contributed by atoms with Gasteiger partial charge in [0.1, 0.15) is 5.72 Å². The molecule has 3 rings (SSSR count). The molecule has 0 saturated carbocycles. The second kappa shape index (κ2) is 6.88. The maximum atomic E-state index is 13.2. The van der Waals surface area contributed by atoms with Crippen LogP contribution in [-0.2, 0) is 25.9 Å². The van der Waals surface area contributed by atoms with E-state index in [1.807, 2.05) is 37.3 Å². The van der Waals surface area contributed by atoms with Gasteiger partial charge in [-0.25, -0.2) is 8.42 Å². The molecule has 0 spiro atoms. The molecule has 5 nitrogen and oxygen atoms in total. The van der Waals surface area contributed by atoms with E-state index < -0.39 is 22.0 Å². The molecular weight excluding hydrogens is 338 g/mol. The molecule has 0 amide bonds. The highest BCUT2D eigenvalue weighted by Gasteiger charge is 2.50. The van der Waals surface area contributed by atoms with E-state index in [4.69, 9.17) is 9.47 Å². The number of hydrogen-bond acceptors (Lipinski definition) is 4. The van der Waals surface area contributed by atoms with Crippen molar-refractivity contribution in [2.24, 2.45) is 0 Å². The van der Waals surface area contributed by atoms with Crippen molar-refractivity contribution < 1.29 is 17.9 Å². The van der Waals surface area contributed by atoms with Crippen LogP contribution in [0.5, 0.6) is 0 Å². The summed E-state index contributed by atoms with van der Waals surface area (Å²) in [5.41, 5.74) is 1.01. The summed E-state index contributed by atoms with van der Waals surface area (Å²) in [4.78, 5) is 0.262. The molecule has 2 aromatic rings. The Bertz CT molecular complexity index is 820. The summed E-state index contributed by atoms with van der Waals surface area (Å²) in [6, 6.07) is 16.6. The highest BCUT2D eigenvalue weighted by Crippen LogP contribution is 2.36. The van der Waals surface area contributed by atoms with Crippen molar-refractivity contribution in [1.82, 2.24) is 4.31 Å². The molecule has 0 N–H and O–H groups in total. The van der Waals surface area contributed by atoms with Crippen LogP contribution in [-0.4, -0.2) is 38.4 Å². The molecule has 1 heterocycles. The van der Waals surface area contributed by atoms with Crippen molar-refractivity contribution >= 4 is 10.0 Å². The Hall–Kier alpha value is -1.73. The third-order valence-electron chi connectivity index (χ3n) is 4.47. The molecule has 1 aliphatic heterocycles. The van der Waals surface area contributed by atoms with Crippen LogP contribution in [0.25, 0.3) is 0 Å². The highest BCUT2D eigenvalue weighted by molar-refractivity contribution is 7.89. The zero-order chi connectivity index (χ0) is 18.1. The standard InChI is InChI=1S/C19H23NO4S/c1-15-9-11-17(12-10-15)25(21,22)20-14-18(23-3)24-19(20,2)13-16-7-5-4-6-8-16/h4-12,18H,13-14H2,1-3H3. The Kier molecular flexibility index (Phi) is 4.97. The van der Waals surface area contributed by atoms with Crippen molar-refractivity contribution in [3.05, 3.63) is 65.7 Å². The molecule has 0 radical (unpaired) electrons. The molecule has 0 aliphatic carbocycles. The quantitative estimate of drug-likeness (QED) is 0.822. The third-order valence-corrected chi connectivity index (χ3v) is 6.46. The normalized spacial score (nSPS) is 24.5. The highest BCUT2D eigenvalue weighted by atomic mass is 32.2. The average molecular weight is 361 g/mol. The number of benzene rings is 2. The monoisotopic (exact) mass is 361 g/mol. The van der Waals surface area contributed by atoms with E-state index in [1.165, 1.54) is 11.4 Å². The number of rotatable bonds is 5. The fourth-order valence-electron chi connectivity index (χ4n) is 3.12.